The van der Waals surface area contributed by atoms with E-state index in [4.69, 9.17) is 0 Å². The van der Waals surface area contributed by atoms with Crippen LogP contribution in [0.25, 0.3) is 0 Å². The Morgan fingerprint density at radius 2 is 2.29 bits per heavy atom. The lowest BCUT2D eigenvalue weighted by atomic mass is 10.0. The monoisotopic (exact) mass is 292 g/mol. The van der Waals surface area contributed by atoms with Crippen molar-refractivity contribution in [2.75, 3.05) is 26.7 Å². The Hall–Kier alpha value is -1.40. The van der Waals surface area contributed by atoms with Crippen molar-refractivity contribution < 1.29 is 9.90 Å². The van der Waals surface area contributed by atoms with Crippen molar-refractivity contribution in [2.24, 2.45) is 5.92 Å². The zero-order valence-corrected chi connectivity index (χ0v) is 12.5. The topological polar surface area (TPSA) is 70.4 Å². The molecule has 21 heavy (non-hydrogen) atoms. The first-order valence-corrected chi connectivity index (χ1v) is 7.78. The van der Waals surface area contributed by atoms with E-state index in [1.54, 1.807) is 0 Å². The molecule has 2 heterocycles. The average Bonchev–Trinajstić information content (AvgIpc) is 3.09. The van der Waals surface area contributed by atoms with Crippen molar-refractivity contribution in [3.8, 4) is 0 Å². The first kappa shape index (κ1) is 14.5. The van der Waals surface area contributed by atoms with E-state index in [0.717, 1.165) is 6.54 Å². The highest BCUT2D eigenvalue weighted by Crippen LogP contribution is 2.38. The summed E-state index contributed by atoms with van der Waals surface area (Å²) in [5.74, 6) is 0.742. The van der Waals surface area contributed by atoms with Crippen molar-refractivity contribution in [2.45, 2.75) is 37.8 Å². The second-order valence-electron chi connectivity index (χ2n) is 6.38. The first-order chi connectivity index (χ1) is 10.1. The number of hydrogen-bond acceptors (Lipinski definition) is 4. The molecule has 1 saturated carbocycles. The third-order valence-corrected chi connectivity index (χ3v) is 4.36. The molecule has 6 heteroatoms. The molecule has 0 unspecified atom stereocenters. The van der Waals surface area contributed by atoms with Gasteiger partial charge in [0, 0.05) is 44.1 Å². The number of nitrogens with one attached hydrogen (secondary N) is 1. The molecule has 2 fully saturated rings. The molecule has 1 aromatic heterocycles. The van der Waals surface area contributed by atoms with Gasteiger partial charge in [-0.3, -0.25) is 9.48 Å². The molecule has 1 saturated heterocycles. The minimum absolute atomic E-state index is 0.0175. The third-order valence-electron chi connectivity index (χ3n) is 4.36. The number of nitrogens with zero attached hydrogens (tertiary/aromatic N) is 3. The lowest BCUT2D eigenvalue weighted by molar-refractivity contribution is -0.122. The Morgan fingerprint density at radius 3 is 2.95 bits per heavy atom. The van der Waals surface area contributed by atoms with Gasteiger partial charge in [0.25, 0.3) is 0 Å². The molecule has 116 valence electrons. The van der Waals surface area contributed by atoms with Crippen molar-refractivity contribution in [3.05, 3.63) is 18.0 Å². The minimum Gasteiger partial charge on any atom is -0.391 e. The van der Waals surface area contributed by atoms with Gasteiger partial charge in [0.15, 0.2) is 0 Å². The maximum Gasteiger partial charge on any atom is 0.220 e. The molecule has 1 amide bonds. The molecule has 0 spiro atoms. The molecular formula is C15H24N4O2. The maximum absolute atomic E-state index is 11.9. The van der Waals surface area contributed by atoms with Gasteiger partial charge < -0.3 is 15.3 Å². The van der Waals surface area contributed by atoms with E-state index < -0.39 is 0 Å². The predicted molar refractivity (Wildman–Crippen MR) is 78.8 cm³/mol. The van der Waals surface area contributed by atoms with Crippen LogP contribution in [0.1, 0.15) is 30.9 Å². The SMILES string of the molecule is CN1C[C@@H](CC(=O)NCCn2ccc(C3CC3)n2)[C@H](O)C1. The molecule has 2 aliphatic rings. The maximum atomic E-state index is 11.9. The normalized spacial score (nSPS) is 26.2. The summed E-state index contributed by atoms with van der Waals surface area (Å²) in [5, 5.41) is 17.3. The highest BCUT2D eigenvalue weighted by Gasteiger charge is 2.30. The first-order valence-electron chi connectivity index (χ1n) is 7.78. The third kappa shape index (κ3) is 3.83. The van der Waals surface area contributed by atoms with Gasteiger partial charge in [-0.25, -0.2) is 0 Å². The molecule has 2 atom stereocenters. The average molecular weight is 292 g/mol. The standard InChI is InChI=1S/C15H24N4O2/c1-18-9-12(14(20)10-18)8-15(21)16-5-7-19-6-4-13(17-19)11-2-3-11/h4,6,11-12,14,20H,2-3,5,7-10H2,1H3,(H,16,21)/t12-,14-/m1/s1. The van der Waals surface area contributed by atoms with Crippen LogP contribution in [0, 0.1) is 5.92 Å². The number of aliphatic hydroxyl groups excluding tert-OH is 1. The van der Waals surface area contributed by atoms with Crippen molar-refractivity contribution in [1.29, 1.82) is 0 Å². The number of rotatable bonds is 6. The van der Waals surface area contributed by atoms with Crippen LogP contribution in [0.5, 0.6) is 0 Å². The summed E-state index contributed by atoms with van der Waals surface area (Å²) in [7, 11) is 1.97. The summed E-state index contributed by atoms with van der Waals surface area (Å²) in [6.07, 6.45) is 4.51. The quantitative estimate of drug-likeness (QED) is 0.785. The number of amides is 1. The van der Waals surface area contributed by atoms with E-state index >= 15 is 0 Å². The van der Waals surface area contributed by atoms with Gasteiger partial charge in [0.2, 0.25) is 5.91 Å². The number of carbonyl (C=O) groups is 1. The van der Waals surface area contributed by atoms with E-state index in [1.807, 2.05) is 17.9 Å². The number of likely N-dealkylation sites (tertiary alicyclic amines) is 1. The number of aliphatic hydroxyl groups is 1. The minimum atomic E-state index is -0.382. The van der Waals surface area contributed by atoms with Crippen LogP contribution in [0.2, 0.25) is 0 Å². The zero-order chi connectivity index (χ0) is 14.8. The van der Waals surface area contributed by atoms with Gasteiger partial charge in [-0.15, -0.1) is 0 Å². The molecule has 6 nitrogen and oxygen atoms in total. The fourth-order valence-electron chi connectivity index (χ4n) is 2.98. The van der Waals surface area contributed by atoms with E-state index in [-0.39, 0.29) is 17.9 Å². The summed E-state index contributed by atoms with van der Waals surface area (Å²) in [6, 6.07) is 2.07. The summed E-state index contributed by atoms with van der Waals surface area (Å²) in [6.45, 7) is 2.74. The molecule has 0 bridgehead atoms. The highest BCUT2D eigenvalue weighted by atomic mass is 16.3. The second kappa shape index (κ2) is 6.15. The number of carbonyl (C=O) groups excluding carboxylic acids is 1. The van der Waals surface area contributed by atoms with Gasteiger partial charge in [-0.05, 0) is 26.0 Å². The van der Waals surface area contributed by atoms with Gasteiger partial charge in [0.05, 0.1) is 18.3 Å². The van der Waals surface area contributed by atoms with Gasteiger partial charge in [-0.2, -0.15) is 5.10 Å². The lowest BCUT2D eigenvalue weighted by Crippen LogP contribution is -2.31. The summed E-state index contributed by atoms with van der Waals surface area (Å²) in [4.78, 5) is 14.0. The molecule has 1 aliphatic carbocycles. The molecule has 2 N–H and O–H groups in total. The Balaban J connectivity index is 1.37. The van der Waals surface area contributed by atoms with Crippen LogP contribution in [0.3, 0.4) is 0 Å². The Kier molecular flexibility index (Phi) is 4.26. The summed E-state index contributed by atoms with van der Waals surface area (Å²) < 4.78 is 1.89. The van der Waals surface area contributed by atoms with E-state index in [2.05, 4.69) is 21.4 Å². The van der Waals surface area contributed by atoms with Crippen LogP contribution in [0.4, 0.5) is 0 Å². The highest BCUT2D eigenvalue weighted by molar-refractivity contribution is 5.76. The second-order valence-corrected chi connectivity index (χ2v) is 6.38. The van der Waals surface area contributed by atoms with Crippen molar-refractivity contribution >= 4 is 5.91 Å². The summed E-state index contributed by atoms with van der Waals surface area (Å²) in [5.41, 5.74) is 1.18. The predicted octanol–water partition coefficient (Wildman–Crippen LogP) is 0.189. The van der Waals surface area contributed by atoms with Gasteiger partial charge >= 0.3 is 0 Å². The molecule has 1 aliphatic heterocycles. The molecule has 1 aromatic rings. The number of β-amino-alcohol motifs (C(OH)–C–C–N with tert-alkyl or cyclic N) is 1. The van der Waals surface area contributed by atoms with E-state index in [9.17, 15) is 9.90 Å². The van der Waals surface area contributed by atoms with Crippen LogP contribution in [-0.4, -0.2) is 58.5 Å². The molecule has 3 rings (SSSR count). The Bertz CT molecular complexity index is 498. The Labute approximate surface area is 125 Å². The van der Waals surface area contributed by atoms with Crippen LogP contribution >= 0.6 is 0 Å². The molecular weight excluding hydrogens is 268 g/mol. The molecule has 0 aromatic carbocycles. The van der Waals surface area contributed by atoms with Crippen LogP contribution < -0.4 is 5.32 Å². The van der Waals surface area contributed by atoms with Crippen molar-refractivity contribution in [1.82, 2.24) is 20.0 Å². The molecule has 0 radical (unpaired) electrons. The van der Waals surface area contributed by atoms with E-state index in [1.165, 1.54) is 18.5 Å². The summed E-state index contributed by atoms with van der Waals surface area (Å²) >= 11 is 0. The zero-order valence-electron chi connectivity index (χ0n) is 12.5. The number of hydrogen-bond donors (Lipinski definition) is 2. The Morgan fingerprint density at radius 1 is 1.48 bits per heavy atom. The number of aromatic nitrogens is 2. The fraction of sp³-hybridized carbons (Fsp3) is 0.733. The van der Waals surface area contributed by atoms with E-state index in [0.29, 0.717) is 32.0 Å². The lowest BCUT2D eigenvalue weighted by Gasteiger charge is -2.13. The number of likely N-dealkylation sites (N-methyl/N-ethyl adjacent to an activating group) is 1. The largest absolute Gasteiger partial charge is 0.391 e. The smallest absolute Gasteiger partial charge is 0.220 e. The van der Waals surface area contributed by atoms with Crippen molar-refractivity contribution in [3.63, 3.8) is 0 Å². The van der Waals surface area contributed by atoms with Gasteiger partial charge in [0.1, 0.15) is 0 Å². The van der Waals surface area contributed by atoms with Crippen LogP contribution in [0.15, 0.2) is 12.3 Å². The fourth-order valence-corrected chi connectivity index (χ4v) is 2.98. The van der Waals surface area contributed by atoms with Gasteiger partial charge in [-0.1, -0.05) is 0 Å². The van der Waals surface area contributed by atoms with Crippen LogP contribution in [-0.2, 0) is 11.3 Å².